The van der Waals surface area contributed by atoms with Gasteiger partial charge < -0.3 is 20.9 Å². The molecule has 34 heavy (non-hydrogen) atoms. The highest BCUT2D eigenvalue weighted by Crippen LogP contribution is 2.16. The number of benzene rings is 2. The Morgan fingerprint density at radius 1 is 0.529 bits per heavy atom. The van der Waals surface area contributed by atoms with E-state index in [4.69, 9.17) is 31.8 Å². The molecule has 0 heterocycles. The lowest BCUT2D eigenvalue weighted by Gasteiger charge is -2.08. The van der Waals surface area contributed by atoms with Crippen LogP contribution in [0.25, 0.3) is 0 Å². The van der Waals surface area contributed by atoms with Crippen LogP contribution in [0.2, 0.25) is 0 Å². The van der Waals surface area contributed by atoms with Gasteiger partial charge in [-0.3, -0.25) is 10.8 Å². The molecule has 2 rings (SSSR count). The van der Waals surface area contributed by atoms with Crippen molar-refractivity contribution in [2.75, 3.05) is 13.2 Å². The maximum Gasteiger partial charge on any atom is 0.119 e. The van der Waals surface area contributed by atoms with Gasteiger partial charge in [-0.25, -0.2) is 0 Å². The van der Waals surface area contributed by atoms with Gasteiger partial charge in [0.05, 0.1) is 24.9 Å². The Balaban J connectivity index is 1.43. The number of hydrogen-bond acceptors (Lipinski definition) is 4. The zero-order chi connectivity index (χ0) is 24.4. The van der Waals surface area contributed by atoms with Crippen molar-refractivity contribution in [3.8, 4) is 11.5 Å². The lowest BCUT2D eigenvalue weighted by molar-refractivity contribution is 0.297. The van der Waals surface area contributed by atoms with Crippen molar-refractivity contribution in [3.63, 3.8) is 0 Å². The molecule has 0 fully saturated rings. The number of hydrogen-bond donors (Lipinski definition) is 4. The van der Waals surface area contributed by atoms with Crippen LogP contribution in [0.5, 0.6) is 11.5 Å². The van der Waals surface area contributed by atoms with Crippen LogP contribution < -0.4 is 20.9 Å². The number of amidine groups is 2. The summed E-state index contributed by atoms with van der Waals surface area (Å²) in [4.78, 5) is 0. The predicted octanol–water partition coefficient (Wildman–Crippen LogP) is 6.00. The molecule has 0 unspecified atom stereocenters. The molecule has 186 valence electrons. The van der Waals surface area contributed by atoms with Crippen LogP contribution in [0.1, 0.15) is 75.3 Å². The van der Waals surface area contributed by atoms with E-state index in [2.05, 4.69) is 24.3 Å². The molecular weight excluding hydrogens is 424 g/mol. The fraction of sp³-hybridized carbons (Fsp3) is 0.500. The van der Waals surface area contributed by atoms with E-state index in [1.54, 1.807) is 0 Å². The van der Waals surface area contributed by atoms with Crippen LogP contribution in [0.4, 0.5) is 0 Å². The fourth-order valence-electron chi connectivity index (χ4n) is 3.76. The maximum atomic E-state index is 7.27. The van der Waals surface area contributed by atoms with Crippen LogP contribution in [0.15, 0.2) is 48.5 Å². The normalized spacial score (nSPS) is 10.7. The molecule has 6 nitrogen and oxygen atoms in total. The molecule has 6 heteroatoms. The second-order valence-corrected chi connectivity index (χ2v) is 8.86. The van der Waals surface area contributed by atoms with Gasteiger partial charge in [0.2, 0.25) is 0 Å². The van der Waals surface area contributed by atoms with E-state index < -0.39 is 0 Å². The number of nitrogens with one attached hydrogen (secondary N) is 2. The third-order valence-corrected chi connectivity index (χ3v) is 5.75. The molecule has 2 aromatic rings. The first-order valence-electron chi connectivity index (χ1n) is 12.6. The summed E-state index contributed by atoms with van der Waals surface area (Å²) in [5.41, 5.74) is 13.3. The second-order valence-electron chi connectivity index (χ2n) is 8.86. The van der Waals surface area contributed by atoms with Gasteiger partial charge in [-0.15, -0.1) is 0 Å². The Bertz CT molecular complexity index is 763. The molecule has 0 radical (unpaired) electrons. The summed E-state index contributed by atoms with van der Waals surface area (Å²) in [7, 11) is 0. The van der Waals surface area contributed by atoms with Crippen molar-refractivity contribution in [1.82, 2.24) is 0 Å². The summed E-state index contributed by atoms with van der Waals surface area (Å²) in [6.45, 7) is 1.52. The van der Waals surface area contributed by atoms with Crippen molar-refractivity contribution in [2.45, 2.75) is 77.0 Å². The molecule has 0 saturated carbocycles. The smallest absolute Gasteiger partial charge is 0.119 e. The Labute approximate surface area is 205 Å². The highest BCUT2D eigenvalue weighted by Gasteiger charge is 2.00. The number of ether oxygens (including phenoxy) is 2. The lowest BCUT2D eigenvalue weighted by atomic mass is 10.1. The highest BCUT2D eigenvalue weighted by molar-refractivity contribution is 5.77. The van der Waals surface area contributed by atoms with Crippen LogP contribution in [0.3, 0.4) is 0 Å². The zero-order valence-corrected chi connectivity index (χ0v) is 20.5. The molecule has 0 bridgehead atoms. The van der Waals surface area contributed by atoms with Crippen LogP contribution in [-0.4, -0.2) is 24.9 Å². The molecule has 0 aliphatic carbocycles. The standard InChI is InChI=1S/C28H42N4O2/c29-27(30)11-7-9-23-13-17-25(18-14-23)33-21-5-3-1-2-4-6-22-34-26-19-15-24(16-20-26)10-8-12-28(31)32/h13-20H,1-12,21-22H2,(H3,29,30)(H3,31,32). The molecule has 0 saturated heterocycles. The van der Waals surface area contributed by atoms with Crippen molar-refractivity contribution in [2.24, 2.45) is 11.5 Å². The van der Waals surface area contributed by atoms with E-state index in [0.29, 0.717) is 12.8 Å². The van der Waals surface area contributed by atoms with Crippen LogP contribution in [0, 0.1) is 10.8 Å². The third-order valence-electron chi connectivity index (χ3n) is 5.75. The van der Waals surface area contributed by atoms with Crippen LogP contribution in [-0.2, 0) is 12.8 Å². The van der Waals surface area contributed by atoms with Crippen molar-refractivity contribution < 1.29 is 9.47 Å². The summed E-state index contributed by atoms with van der Waals surface area (Å²) in [6.07, 6.45) is 12.0. The van der Waals surface area contributed by atoms with Gasteiger partial charge in [0.1, 0.15) is 11.5 Å². The number of unbranched alkanes of at least 4 members (excludes halogenated alkanes) is 5. The first-order valence-corrected chi connectivity index (χ1v) is 12.6. The topological polar surface area (TPSA) is 118 Å². The minimum absolute atomic E-state index is 0.258. The molecule has 0 amide bonds. The number of rotatable bonds is 19. The van der Waals surface area contributed by atoms with Gasteiger partial charge in [0.25, 0.3) is 0 Å². The first-order chi connectivity index (χ1) is 16.5. The van der Waals surface area contributed by atoms with Crippen LogP contribution >= 0.6 is 0 Å². The SMILES string of the molecule is N=C(N)CCCc1ccc(OCCCCCCCCOc2ccc(CCCC(=N)N)cc2)cc1. The van der Waals surface area contributed by atoms with Gasteiger partial charge in [-0.05, 0) is 73.9 Å². The van der Waals surface area contributed by atoms with E-state index in [9.17, 15) is 0 Å². The van der Waals surface area contributed by atoms with Gasteiger partial charge >= 0.3 is 0 Å². The molecule has 0 atom stereocenters. The molecule has 6 N–H and O–H groups in total. The van der Waals surface area contributed by atoms with E-state index in [1.165, 1.54) is 36.8 Å². The average Bonchev–Trinajstić information content (AvgIpc) is 2.82. The van der Waals surface area contributed by atoms with Gasteiger partial charge in [0.15, 0.2) is 0 Å². The Morgan fingerprint density at radius 3 is 1.24 bits per heavy atom. The summed E-state index contributed by atoms with van der Waals surface area (Å²) in [5, 5.41) is 14.5. The van der Waals surface area contributed by atoms with Crippen molar-refractivity contribution in [1.29, 1.82) is 10.8 Å². The largest absolute Gasteiger partial charge is 0.494 e. The van der Waals surface area contributed by atoms with E-state index in [1.807, 2.05) is 24.3 Å². The van der Waals surface area contributed by atoms with E-state index in [-0.39, 0.29) is 11.7 Å². The number of nitrogens with two attached hydrogens (primary N) is 2. The minimum atomic E-state index is 0.258. The monoisotopic (exact) mass is 466 g/mol. The molecule has 0 aromatic heterocycles. The minimum Gasteiger partial charge on any atom is -0.494 e. The zero-order valence-electron chi connectivity index (χ0n) is 20.5. The molecule has 0 aliphatic rings. The maximum absolute atomic E-state index is 7.27. The Morgan fingerprint density at radius 2 is 0.882 bits per heavy atom. The second kappa shape index (κ2) is 16.6. The van der Waals surface area contributed by atoms with Gasteiger partial charge in [-0.1, -0.05) is 49.9 Å². The van der Waals surface area contributed by atoms with Crippen molar-refractivity contribution >= 4 is 11.7 Å². The molecule has 0 aliphatic heterocycles. The van der Waals surface area contributed by atoms with E-state index >= 15 is 0 Å². The Kier molecular flexibility index (Phi) is 13.3. The lowest BCUT2D eigenvalue weighted by Crippen LogP contribution is -2.09. The predicted molar refractivity (Wildman–Crippen MR) is 141 cm³/mol. The summed E-state index contributed by atoms with van der Waals surface area (Å²) in [5.74, 6) is 2.37. The van der Waals surface area contributed by atoms with Gasteiger partial charge in [-0.2, -0.15) is 0 Å². The summed E-state index contributed by atoms with van der Waals surface area (Å²) >= 11 is 0. The summed E-state index contributed by atoms with van der Waals surface area (Å²) < 4.78 is 11.7. The van der Waals surface area contributed by atoms with Crippen molar-refractivity contribution in [3.05, 3.63) is 59.7 Å². The third kappa shape index (κ3) is 12.9. The molecule has 0 spiro atoms. The van der Waals surface area contributed by atoms with E-state index in [0.717, 1.165) is 63.2 Å². The molecule has 2 aromatic carbocycles. The summed E-state index contributed by atoms with van der Waals surface area (Å²) in [6, 6.07) is 16.5. The van der Waals surface area contributed by atoms with Gasteiger partial charge in [0, 0.05) is 12.8 Å². The molecular formula is C28H42N4O2. The highest BCUT2D eigenvalue weighted by atomic mass is 16.5. The first kappa shape index (κ1) is 27.2. The average molecular weight is 467 g/mol. The number of aryl methyl sites for hydroxylation is 2. The quantitative estimate of drug-likeness (QED) is 0.115. The Hall–Kier alpha value is -3.02. The fourth-order valence-corrected chi connectivity index (χ4v) is 3.76.